The number of nitrogens with two attached hydrogens (primary N) is 1. The van der Waals surface area contributed by atoms with Gasteiger partial charge < -0.3 is 10.6 Å². The lowest BCUT2D eigenvalue weighted by Gasteiger charge is -2.16. The molecule has 0 aliphatic rings. The molecule has 1 aromatic carbocycles. The van der Waals surface area contributed by atoms with Gasteiger partial charge in [0.15, 0.2) is 0 Å². The minimum Gasteiger partial charge on any atom is -0.397 e. The van der Waals surface area contributed by atoms with Gasteiger partial charge in [0, 0.05) is 48.2 Å². The maximum Gasteiger partial charge on any atom is 0.253 e. The molecule has 3 rings (SSSR count). The van der Waals surface area contributed by atoms with Crippen LogP contribution in [-0.2, 0) is 0 Å². The summed E-state index contributed by atoms with van der Waals surface area (Å²) in [4.78, 5) is 22.3. The van der Waals surface area contributed by atoms with E-state index in [4.69, 9.17) is 5.73 Å². The first-order chi connectivity index (χ1) is 20.8. The van der Waals surface area contributed by atoms with E-state index >= 15 is 0 Å². The second kappa shape index (κ2) is 18.8. The highest BCUT2D eigenvalue weighted by Gasteiger charge is 2.17. The molecule has 0 aliphatic carbocycles. The average molecular weight is 603 g/mol. The molecule has 0 saturated heterocycles. The SMILES string of the molecule is C/C(=C\c1c(-c2ccc(N)cn2)ccnc1C)C(C)C.CC.CC/C=C(\CCC(C)C)c1c(C)cc(C(=O)N(C)C)cc1F. The lowest BCUT2D eigenvalue weighted by atomic mass is 9.91. The number of nitrogen functional groups attached to an aromatic ring is 1. The van der Waals surface area contributed by atoms with E-state index in [-0.39, 0.29) is 11.7 Å². The average Bonchev–Trinajstić information content (AvgIpc) is 2.97. The number of amides is 1. The van der Waals surface area contributed by atoms with Crippen LogP contribution in [0.5, 0.6) is 0 Å². The zero-order valence-corrected chi connectivity index (χ0v) is 29.2. The molecule has 0 fully saturated rings. The van der Waals surface area contributed by atoms with Gasteiger partial charge in [-0.05, 0) is 93.3 Å². The Hall–Kier alpha value is -3.80. The highest BCUT2D eigenvalue weighted by atomic mass is 19.1. The summed E-state index contributed by atoms with van der Waals surface area (Å²) in [6.45, 7) is 20.8. The van der Waals surface area contributed by atoms with Gasteiger partial charge in [0.1, 0.15) is 5.82 Å². The summed E-state index contributed by atoms with van der Waals surface area (Å²) in [7, 11) is 3.35. The van der Waals surface area contributed by atoms with Gasteiger partial charge in [0.2, 0.25) is 0 Å². The quantitative estimate of drug-likeness (QED) is 0.264. The zero-order valence-electron chi connectivity index (χ0n) is 29.2. The Balaban J connectivity index is 0.000000418. The van der Waals surface area contributed by atoms with Gasteiger partial charge in [0.05, 0.1) is 17.6 Å². The normalized spacial score (nSPS) is 11.5. The monoisotopic (exact) mass is 602 g/mol. The van der Waals surface area contributed by atoms with Gasteiger partial charge >= 0.3 is 0 Å². The second-order valence-corrected chi connectivity index (χ2v) is 11.8. The van der Waals surface area contributed by atoms with Crippen LogP contribution in [0.25, 0.3) is 22.9 Å². The third-order valence-corrected chi connectivity index (χ3v) is 7.24. The van der Waals surface area contributed by atoms with Gasteiger partial charge in [-0.25, -0.2) is 4.39 Å². The van der Waals surface area contributed by atoms with Gasteiger partial charge in [-0.2, -0.15) is 0 Å². The molecule has 5 nitrogen and oxygen atoms in total. The van der Waals surface area contributed by atoms with Crippen LogP contribution in [0.15, 0.2) is 54.4 Å². The lowest BCUT2D eigenvalue weighted by molar-refractivity contribution is 0.0827. The third kappa shape index (κ3) is 11.4. The molecule has 2 N–H and O–H groups in total. The van der Waals surface area contributed by atoms with E-state index in [1.807, 2.05) is 52.1 Å². The number of aryl methyl sites for hydroxylation is 2. The van der Waals surface area contributed by atoms with Crippen molar-refractivity contribution in [2.45, 2.75) is 88.5 Å². The minimum atomic E-state index is -0.298. The van der Waals surface area contributed by atoms with Crippen molar-refractivity contribution in [1.29, 1.82) is 0 Å². The number of rotatable bonds is 9. The predicted octanol–water partition coefficient (Wildman–Crippen LogP) is 10.2. The third-order valence-electron chi connectivity index (χ3n) is 7.24. The Morgan fingerprint density at radius 1 is 1.05 bits per heavy atom. The van der Waals surface area contributed by atoms with Crippen molar-refractivity contribution < 1.29 is 9.18 Å². The number of benzene rings is 1. The van der Waals surface area contributed by atoms with Crippen LogP contribution in [0.4, 0.5) is 10.1 Å². The smallest absolute Gasteiger partial charge is 0.253 e. The number of halogens is 1. The van der Waals surface area contributed by atoms with E-state index in [9.17, 15) is 9.18 Å². The van der Waals surface area contributed by atoms with Crippen molar-refractivity contribution in [3.63, 3.8) is 0 Å². The van der Waals surface area contributed by atoms with Gasteiger partial charge in [0.25, 0.3) is 5.91 Å². The molecule has 2 aromatic heterocycles. The number of carbonyl (C=O) groups is 1. The number of hydrogen-bond donors (Lipinski definition) is 1. The highest BCUT2D eigenvalue weighted by Crippen LogP contribution is 2.30. The summed E-state index contributed by atoms with van der Waals surface area (Å²) < 4.78 is 14.6. The Morgan fingerprint density at radius 3 is 2.20 bits per heavy atom. The molecule has 3 aromatic rings. The van der Waals surface area contributed by atoms with E-state index in [0.717, 1.165) is 52.9 Å². The van der Waals surface area contributed by atoms with Crippen molar-refractivity contribution in [2.24, 2.45) is 11.8 Å². The summed E-state index contributed by atoms with van der Waals surface area (Å²) in [5.41, 5.74) is 14.8. The van der Waals surface area contributed by atoms with Crippen LogP contribution in [0.1, 0.15) is 107 Å². The number of carbonyl (C=O) groups excluding carboxylic acids is 1. The van der Waals surface area contributed by atoms with Crippen molar-refractivity contribution >= 4 is 23.2 Å². The van der Waals surface area contributed by atoms with Crippen LogP contribution < -0.4 is 5.73 Å². The molecule has 44 heavy (non-hydrogen) atoms. The fraction of sp³-hybridized carbons (Fsp3) is 0.447. The predicted molar refractivity (Wildman–Crippen MR) is 188 cm³/mol. The molecule has 240 valence electrons. The van der Waals surface area contributed by atoms with Crippen molar-refractivity contribution in [3.05, 3.63) is 88.1 Å². The van der Waals surface area contributed by atoms with Gasteiger partial charge in [-0.15, -0.1) is 0 Å². The molecule has 0 unspecified atom stereocenters. The fourth-order valence-electron chi connectivity index (χ4n) is 4.49. The topological polar surface area (TPSA) is 72.1 Å². The maximum absolute atomic E-state index is 14.6. The molecule has 0 saturated carbocycles. The molecular weight excluding hydrogens is 547 g/mol. The number of aromatic nitrogens is 2. The fourth-order valence-corrected chi connectivity index (χ4v) is 4.49. The zero-order chi connectivity index (χ0) is 33.6. The highest BCUT2D eigenvalue weighted by molar-refractivity contribution is 5.94. The number of anilines is 1. The van der Waals surface area contributed by atoms with E-state index in [2.05, 4.69) is 63.7 Å². The van der Waals surface area contributed by atoms with Crippen molar-refractivity contribution in [1.82, 2.24) is 14.9 Å². The molecule has 0 radical (unpaired) electrons. The molecule has 0 bridgehead atoms. The number of nitrogens with zero attached hydrogens (tertiary/aromatic N) is 3. The largest absolute Gasteiger partial charge is 0.397 e. The summed E-state index contributed by atoms with van der Waals surface area (Å²) in [5, 5.41) is 0. The summed E-state index contributed by atoms with van der Waals surface area (Å²) in [5.74, 6) is 0.630. The Bertz CT molecular complexity index is 1380. The van der Waals surface area contributed by atoms with E-state index in [0.29, 0.717) is 28.7 Å². The first kappa shape index (κ1) is 38.2. The van der Waals surface area contributed by atoms with Crippen molar-refractivity contribution in [2.75, 3.05) is 19.8 Å². The number of hydrogen-bond acceptors (Lipinski definition) is 4. The van der Waals surface area contributed by atoms with Crippen LogP contribution in [0, 0.1) is 31.5 Å². The summed E-state index contributed by atoms with van der Waals surface area (Å²) in [6.07, 6.45) is 10.6. The Kier molecular flexibility index (Phi) is 16.3. The Morgan fingerprint density at radius 2 is 1.70 bits per heavy atom. The summed E-state index contributed by atoms with van der Waals surface area (Å²) in [6, 6.07) is 8.99. The van der Waals surface area contributed by atoms with Crippen LogP contribution in [0.2, 0.25) is 0 Å². The van der Waals surface area contributed by atoms with Crippen LogP contribution in [-0.4, -0.2) is 34.9 Å². The van der Waals surface area contributed by atoms with E-state index in [1.54, 1.807) is 26.4 Å². The number of allylic oxidation sites excluding steroid dienone is 3. The number of pyridine rings is 2. The molecule has 6 heteroatoms. The lowest BCUT2D eigenvalue weighted by Crippen LogP contribution is -2.22. The molecular formula is C38H55FN4O. The second-order valence-electron chi connectivity index (χ2n) is 11.8. The maximum atomic E-state index is 14.6. The van der Waals surface area contributed by atoms with Crippen LogP contribution >= 0.6 is 0 Å². The van der Waals surface area contributed by atoms with Crippen LogP contribution in [0.3, 0.4) is 0 Å². The first-order valence-corrected chi connectivity index (χ1v) is 15.8. The molecule has 2 heterocycles. The molecule has 1 amide bonds. The van der Waals surface area contributed by atoms with Gasteiger partial charge in [-0.1, -0.05) is 66.2 Å². The van der Waals surface area contributed by atoms with Gasteiger partial charge in [-0.3, -0.25) is 14.8 Å². The standard InChI is InChI=1S/C19H28FNO.C17H21N3.C2H6/c1-7-8-15(10-9-13(2)3)18-14(4)11-16(12-17(18)20)19(22)21(5)6;1-11(2)12(3)9-16-13(4)19-8-7-15(16)17-6-5-14(18)10-20-17;1-2/h8,11-13H,7,9-10H2,1-6H3;5-11H,18H2,1-4H3;1-2H3/b15-8+;12-9+;. The molecule has 0 aliphatic heterocycles. The van der Waals surface area contributed by atoms with E-state index < -0.39 is 0 Å². The van der Waals surface area contributed by atoms with E-state index in [1.165, 1.54) is 16.5 Å². The minimum absolute atomic E-state index is 0.170. The molecule has 0 atom stereocenters. The summed E-state index contributed by atoms with van der Waals surface area (Å²) >= 11 is 0. The molecule has 0 spiro atoms. The Labute approximate surface area is 266 Å². The van der Waals surface area contributed by atoms with Crippen molar-refractivity contribution in [3.8, 4) is 11.3 Å². The first-order valence-electron chi connectivity index (χ1n) is 15.8.